The van der Waals surface area contributed by atoms with Gasteiger partial charge in [-0.2, -0.15) is 0 Å². The fraction of sp³-hybridized carbons (Fsp3) is 1.00. The SMILES string of the molecule is CN(CCN1CCCC1)CC1CCNCC1. The Labute approximate surface area is 100 Å². The summed E-state index contributed by atoms with van der Waals surface area (Å²) in [5.74, 6) is 0.935. The van der Waals surface area contributed by atoms with Crippen molar-refractivity contribution in [3.63, 3.8) is 0 Å². The molecule has 0 spiro atoms. The molecule has 2 heterocycles. The van der Waals surface area contributed by atoms with E-state index in [1.807, 2.05) is 0 Å². The molecule has 94 valence electrons. The Morgan fingerprint density at radius 2 is 1.88 bits per heavy atom. The number of rotatable bonds is 5. The van der Waals surface area contributed by atoms with Crippen LogP contribution in [-0.4, -0.2) is 62.7 Å². The second kappa shape index (κ2) is 6.58. The molecule has 0 saturated carbocycles. The van der Waals surface area contributed by atoms with Gasteiger partial charge in [0.05, 0.1) is 0 Å². The van der Waals surface area contributed by atoms with Gasteiger partial charge in [-0.3, -0.25) is 0 Å². The van der Waals surface area contributed by atoms with E-state index >= 15 is 0 Å². The summed E-state index contributed by atoms with van der Waals surface area (Å²) in [6, 6.07) is 0. The third-order valence-corrected chi connectivity index (χ3v) is 4.03. The van der Waals surface area contributed by atoms with Crippen molar-refractivity contribution in [3.05, 3.63) is 0 Å². The molecule has 0 amide bonds. The number of nitrogens with one attached hydrogen (secondary N) is 1. The molecule has 1 N–H and O–H groups in total. The van der Waals surface area contributed by atoms with Crippen molar-refractivity contribution in [2.75, 3.05) is 52.9 Å². The Hall–Kier alpha value is -0.120. The van der Waals surface area contributed by atoms with E-state index in [1.165, 1.54) is 71.5 Å². The van der Waals surface area contributed by atoms with E-state index in [2.05, 4.69) is 22.2 Å². The molecule has 0 aromatic carbocycles. The van der Waals surface area contributed by atoms with Crippen molar-refractivity contribution in [3.8, 4) is 0 Å². The van der Waals surface area contributed by atoms with Crippen molar-refractivity contribution in [2.45, 2.75) is 25.7 Å². The highest BCUT2D eigenvalue weighted by molar-refractivity contribution is 4.73. The highest BCUT2D eigenvalue weighted by atomic mass is 15.2. The lowest BCUT2D eigenvalue weighted by molar-refractivity contribution is 0.211. The lowest BCUT2D eigenvalue weighted by Gasteiger charge is -2.28. The summed E-state index contributed by atoms with van der Waals surface area (Å²) < 4.78 is 0. The highest BCUT2D eigenvalue weighted by Gasteiger charge is 2.16. The highest BCUT2D eigenvalue weighted by Crippen LogP contribution is 2.13. The average Bonchev–Trinajstić information content (AvgIpc) is 2.81. The molecule has 2 fully saturated rings. The van der Waals surface area contributed by atoms with Gasteiger partial charge < -0.3 is 15.1 Å². The predicted octanol–water partition coefficient (Wildman–Crippen LogP) is 1.01. The summed E-state index contributed by atoms with van der Waals surface area (Å²) in [6.07, 6.45) is 5.57. The Kier molecular flexibility index (Phi) is 5.07. The van der Waals surface area contributed by atoms with Crippen molar-refractivity contribution < 1.29 is 0 Å². The first-order valence-corrected chi connectivity index (χ1v) is 6.96. The Balaban J connectivity index is 1.57. The summed E-state index contributed by atoms with van der Waals surface area (Å²) in [7, 11) is 2.29. The van der Waals surface area contributed by atoms with Crippen LogP contribution in [0.2, 0.25) is 0 Å². The zero-order valence-corrected chi connectivity index (χ0v) is 10.7. The number of likely N-dealkylation sites (tertiary alicyclic amines) is 1. The molecule has 2 aliphatic heterocycles. The maximum Gasteiger partial charge on any atom is 0.0109 e. The monoisotopic (exact) mass is 225 g/mol. The molecule has 0 atom stereocenters. The molecule has 2 rings (SSSR count). The van der Waals surface area contributed by atoms with Gasteiger partial charge in [-0.1, -0.05) is 0 Å². The van der Waals surface area contributed by atoms with Crippen LogP contribution in [-0.2, 0) is 0 Å². The van der Waals surface area contributed by atoms with E-state index in [1.54, 1.807) is 0 Å². The summed E-state index contributed by atoms with van der Waals surface area (Å²) >= 11 is 0. The number of hydrogen-bond donors (Lipinski definition) is 1. The zero-order valence-electron chi connectivity index (χ0n) is 10.7. The standard InChI is InChI=1S/C13H27N3/c1-15(10-11-16-8-2-3-9-16)12-13-4-6-14-7-5-13/h13-14H,2-12H2,1H3. The van der Waals surface area contributed by atoms with Gasteiger partial charge in [0.1, 0.15) is 0 Å². The van der Waals surface area contributed by atoms with Gasteiger partial charge in [-0.25, -0.2) is 0 Å². The number of likely N-dealkylation sites (N-methyl/N-ethyl adjacent to an activating group) is 1. The van der Waals surface area contributed by atoms with Crippen LogP contribution in [0.25, 0.3) is 0 Å². The minimum atomic E-state index is 0.935. The van der Waals surface area contributed by atoms with Crippen molar-refractivity contribution >= 4 is 0 Å². The largest absolute Gasteiger partial charge is 0.317 e. The van der Waals surface area contributed by atoms with Crippen LogP contribution >= 0.6 is 0 Å². The van der Waals surface area contributed by atoms with Crippen molar-refractivity contribution in [1.82, 2.24) is 15.1 Å². The van der Waals surface area contributed by atoms with E-state index in [-0.39, 0.29) is 0 Å². The molecule has 2 aliphatic rings. The first-order valence-electron chi connectivity index (χ1n) is 6.96. The third kappa shape index (κ3) is 4.04. The van der Waals surface area contributed by atoms with Gasteiger partial charge in [-0.05, 0) is 64.8 Å². The Morgan fingerprint density at radius 3 is 2.56 bits per heavy atom. The zero-order chi connectivity index (χ0) is 11.2. The summed E-state index contributed by atoms with van der Waals surface area (Å²) in [6.45, 7) is 8.96. The van der Waals surface area contributed by atoms with Gasteiger partial charge in [0.15, 0.2) is 0 Å². The maximum absolute atomic E-state index is 3.44. The molecule has 0 aromatic rings. The van der Waals surface area contributed by atoms with Crippen LogP contribution in [0.4, 0.5) is 0 Å². The van der Waals surface area contributed by atoms with Gasteiger partial charge in [-0.15, -0.1) is 0 Å². The van der Waals surface area contributed by atoms with Crippen LogP contribution in [0, 0.1) is 5.92 Å². The molecule has 0 aliphatic carbocycles. The molecule has 2 saturated heterocycles. The van der Waals surface area contributed by atoms with Crippen LogP contribution < -0.4 is 5.32 Å². The maximum atomic E-state index is 3.44. The van der Waals surface area contributed by atoms with Crippen LogP contribution in [0.3, 0.4) is 0 Å². The topological polar surface area (TPSA) is 18.5 Å². The minimum absolute atomic E-state index is 0.935. The predicted molar refractivity (Wildman–Crippen MR) is 68.8 cm³/mol. The fourth-order valence-electron chi connectivity index (χ4n) is 2.91. The number of piperidine rings is 1. The van der Waals surface area contributed by atoms with E-state index in [0.717, 1.165) is 5.92 Å². The number of nitrogens with zero attached hydrogens (tertiary/aromatic N) is 2. The van der Waals surface area contributed by atoms with E-state index in [4.69, 9.17) is 0 Å². The second-order valence-electron chi connectivity index (χ2n) is 5.50. The molecule has 3 nitrogen and oxygen atoms in total. The fourth-order valence-corrected chi connectivity index (χ4v) is 2.91. The summed E-state index contributed by atoms with van der Waals surface area (Å²) in [4.78, 5) is 5.15. The van der Waals surface area contributed by atoms with Gasteiger partial charge in [0.25, 0.3) is 0 Å². The molecular weight excluding hydrogens is 198 g/mol. The quantitative estimate of drug-likeness (QED) is 0.753. The first kappa shape index (κ1) is 12.3. The van der Waals surface area contributed by atoms with E-state index in [0.29, 0.717) is 0 Å². The average molecular weight is 225 g/mol. The van der Waals surface area contributed by atoms with Crippen LogP contribution in [0.5, 0.6) is 0 Å². The summed E-state index contributed by atoms with van der Waals surface area (Å²) in [5, 5.41) is 3.44. The summed E-state index contributed by atoms with van der Waals surface area (Å²) in [5.41, 5.74) is 0. The molecule has 0 radical (unpaired) electrons. The number of hydrogen-bond acceptors (Lipinski definition) is 3. The van der Waals surface area contributed by atoms with Crippen molar-refractivity contribution in [2.24, 2.45) is 5.92 Å². The molecule has 0 bridgehead atoms. The second-order valence-corrected chi connectivity index (χ2v) is 5.50. The minimum Gasteiger partial charge on any atom is -0.317 e. The van der Waals surface area contributed by atoms with Gasteiger partial charge in [0.2, 0.25) is 0 Å². The first-order chi connectivity index (χ1) is 7.84. The van der Waals surface area contributed by atoms with Crippen molar-refractivity contribution in [1.29, 1.82) is 0 Å². The van der Waals surface area contributed by atoms with Crippen LogP contribution in [0.1, 0.15) is 25.7 Å². The molecule has 16 heavy (non-hydrogen) atoms. The normalized spacial score (nSPS) is 24.4. The van der Waals surface area contributed by atoms with E-state index < -0.39 is 0 Å². The molecule has 3 heteroatoms. The molecule has 0 unspecified atom stereocenters. The smallest absolute Gasteiger partial charge is 0.0109 e. The Bertz CT molecular complexity index is 184. The van der Waals surface area contributed by atoms with E-state index in [9.17, 15) is 0 Å². The van der Waals surface area contributed by atoms with Crippen LogP contribution in [0.15, 0.2) is 0 Å². The lowest BCUT2D eigenvalue weighted by Crippen LogP contribution is -2.37. The Morgan fingerprint density at radius 1 is 1.19 bits per heavy atom. The van der Waals surface area contributed by atoms with Gasteiger partial charge >= 0.3 is 0 Å². The lowest BCUT2D eigenvalue weighted by atomic mass is 9.98. The molecular formula is C13H27N3. The third-order valence-electron chi connectivity index (χ3n) is 4.03. The van der Waals surface area contributed by atoms with Gasteiger partial charge in [0, 0.05) is 19.6 Å². The molecule has 0 aromatic heterocycles.